The van der Waals surface area contributed by atoms with E-state index in [4.69, 9.17) is 12.2 Å². The Morgan fingerprint density at radius 1 is 1.06 bits per heavy atom. The Kier molecular flexibility index (Phi) is 7.04. The molecule has 5 rings (SSSR count). The summed E-state index contributed by atoms with van der Waals surface area (Å²) in [7, 11) is 0. The number of hydrogen-bond donors (Lipinski definition) is 2. The average Bonchev–Trinajstić information content (AvgIpc) is 3.48. The second-order valence-corrected chi connectivity index (χ2v) is 9.24. The van der Waals surface area contributed by atoms with E-state index in [1.807, 2.05) is 67.7 Å². The smallest absolute Gasteiger partial charge is 0.226 e. The van der Waals surface area contributed by atoms with Crippen molar-refractivity contribution in [2.45, 2.75) is 32.0 Å². The van der Waals surface area contributed by atoms with Crippen molar-refractivity contribution in [3.63, 3.8) is 0 Å². The van der Waals surface area contributed by atoms with Crippen molar-refractivity contribution in [1.29, 1.82) is 0 Å². The van der Waals surface area contributed by atoms with Crippen molar-refractivity contribution in [3.8, 4) is 0 Å². The first kappa shape index (κ1) is 23.7. The Morgan fingerprint density at radius 3 is 2.69 bits per heavy atom. The summed E-state index contributed by atoms with van der Waals surface area (Å²) in [4.78, 5) is 23.8. The number of anilines is 1. The SMILES string of the molecule is Cc1ccccc1NC(=O)CCN1C(=S)N[C@H](c2ccccn2)[C@H]1c1cccn1Cc1cccnc1. The van der Waals surface area contributed by atoms with Gasteiger partial charge in [0.15, 0.2) is 5.11 Å². The van der Waals surface area contributed by atoms with E-state index in [0.717, 1.165) is 28.2 Å². The third-order valence-electron chi connectivity index (χ3n) is 6.44. The number of carbonyl (C=O) groups excluding carboxylic acids is 1. The summed E-state index contributed by atoms with van der Waals surface area (Å²) < 4.78 is 2.22. The van der Waals surface area contributed by atoms with E-state index < -0.39 is 0 Å². The average molecular weight is 497 g/mol. The van der Waals surface area contributed by atoms with Crippen LogP contribution >= 0.6 is 12.2 Å². The third kappa shape index (κ3) is 5.13. The molecule has 2 atom stereocenters. The first-order valence-electron chi connectivity index (χ1n) is 12.0. The van der Waals surface area contributed by atoms with Crippen LogP contribution in [0, 0.1) is 6.92 Å². The fourth-order valence-electron chi connectivity index (χ4n) is 4.64. The predicted molar refractivity (Wildman–Crippen MR) is 144 cm³/mol. The predicted octanol–water partition coefficient (Wildman–Crippen LogP) is 4.64. The molecule has 4 heterocycles. The van der Waals surface area contributed by atoms with Gasteiger partial charge in [0.2, 0.25) is 5.91 Å². The standard InChI is InChI=1S/C28H28N6OS/c1-20-8-2-3-10-22(20)31-25(35)13-17-34-27(26(32-28(34)36)23-11-4-5-15-30-23)24-12-7-16-33(24)19-21-9-6-14-29-18-21/h2-12,14-16,18,26-27H,13,17,19H2,1H3,(H,31,35)(H,32,36)/t26-,27-/m1/s1. The second kappa shape index (κ2) is 10.7. The van der Waals surface area contributed by atoms with Gasteiger partial charge in [0.25, 0.3) is 0 Å². The molecule has 0 spiro atoms. The van der Waals surface area contributed by atoms with Gasteiger partial charge in [0.05, 0.1) is 17.8 Å². The first-order chi connectivity index (χ1) is 17.6. The van der Waals surface area contributed by atoms with Gasteiger partial charge in [0.1, 0.15) is 0 Å². The maximum atomic E-state index is 12.9. The van der Waals surface area contributed by atoms with Gasteiger partial charge >= 0.3 is 0 Å². The van der Waals surface area contributed by atoms with Gasteiger partial charge in [-0.15, -0.1) is 0 Å². The van der Waals surface area contributed by atoms with Crippen molar-refractivity contribution in [2.24, 2.45) is 0 Å². The lowest BCUT2D eigenvalue weighted by Crippen LogP contribution is -2.33. The number of para-hydroxylation sites is 1. The highest BCUT2D eigenvalue weighted by Gasteiger charge is 2.41. The minimum absolute atomic E-state index is 0.0436. The number of hydrogen-bond acceptors (Lipinski definition) is 4. The van der Waals surface area contributed by atoms with Gasteiger partial charge in [-0.1, -0.05) is 30.3 Å². The minimum Gasteiger partial charge on any atom is -0.352 e. The van der Waals surface area contributed by atoms with Crippen molar-refractivity contribution in [1.82, 2.24) is 24.8 Å². The molecule has 1 saturated heterocycles. The van der Waals surface area contributed by atoms with Crippen LogP contribution in [0.4, 0.5) is 5.69 Å². The lowest BCUT2D eigenvalue weighted by Gasteiger charge is -2.29. The van der Waals surface area contributed by atoms with E-state index in [-0.39, 0.29) is 18.0 Å². The number of nitrogens with one attached hydrogen (secondary N) is 2. The van der Waals surface area contributed by atoms with Crippen LogP contribution in [0.1, 0.15) is 41.0 Å². The number of benzene rings is 1. The summed E-state index contributed by atoms with van der Waals surface area (Å²) in [6.45, 7) is 3.16. The molecule has 3 aromatic heterocycles. The lowest BCUT2D eigenvalue weighted by molar-refractivity contribution is -0.116. The maximum absolute atomic E-state index is 12.9. The molecular formula is C28H28N6OS. The first-order valence-corrected chi connectivity index (χ1v) is 12.4. The van der Waals surface area contributed by atoms with Crippen LogP contribution in [0.5, 0.6) is 0 Å². The Morgan fingerprint density at radius 2 is 1.92 bits per heavy atom. The zero-order chi connectivity index (χ0) is 24.9. The molecule has 0 saturated carbocycles. The van der Waals surface area contributed by atoms with Gasteiger partial charge in [0, 0.05) is 55.7 Å². The number of pyridine rings is 2. The number of thiocarbonyl (C=S) groups is 1. The molecule has 0 radical (unpaired) electrons. The Hall–Kier alpha value is -4.04. The number of aromatic nitrogens is 3. The zero-order valence-electron chi connectivity index (χ0n) is 20.0. The van der Waals surface area contributed by atoms with Gasteiger partial charge in [-0.05, 0) is 66.7 Å². The second-order valence-electron chi connectivity index (χ2n) is 8.86. The fraction of sp³-hybridized carbons (Fsp3) is 0.214. The van der Waals surface area contributed by atoms with E-state index in [1.54, 1.807) is 12.4 Å². The Bertz CT molecular complexity index is 1340. The molecule has 1 aromatic carbocycles. The normalized spacial score (nSPS) is 17.1. The molecule has 0 bridgehead atoms. The van der Waals surface area contributed by atoms with Crippen LogP contribution in [0.25, 0.3) is 0 Å². The highest BCUT2D eigenvalue weighted by Crippen LogP contribution is 2.39. The Balaban J connectivity index is 1.40. The molecule has 2 N–H and O–H groups in total. The zero-order valence-corrected chi connectivity index (χ0v) is 20.9. The fourth-order valence-corrected chi connectivity index (χ4v) is 4.98. The van der Waals surface area contributed by atoms with Gasteiger partial charge in [-0.3, -0.25) is 14.8 Å². The monoisotopic (exact) mass is 496 g/mol. The van der Waals surface area contributed by atoms with Crippen molar-refractivity contribution in [2.75, 3.05) is 11.9 Å². The lowest BCUT2D eigenvalue weighted by atomic mass is 10.0. The number of aryl methyl sites for hydroxylation is 1. The molecule has 36 heavy (non-hydrogen) atoms. The van der Waals surface area contributed by atoms with Gasteiger partial charge < -0.3 is 20.1 Å². The molecule has 0 unspecified atom stereocenters. The van der Waals surface area contributed by atoms with E-state index in [9.17, 15) is 4.79 Å². The topological polar surface area (TPSA) is 75.1 Å². The van der Waals surface area contributed by atoms with Crippen LogP contribution in [-0.2, 0) is 11.3 Å². The molecule has 0 aliphatic carbocycles. The van der Waals surface area contributed by atoms with E-state index in [2.05, 4.69) is 48.4 Å². The molecule has 7 nitrogen and oxygen atoms in total. The molecule has 1 fully saturated rings. The summed E-state index contributed by atoms with van der Waals surface area (Å²) in [5, 5.41) is 7.12. The Labute approximate surface area is 216 Å². The summed E-state index contributed by atoms with van der Waals surface area (Å²) in [6.07, 6.45) is 7.84. The van der Waals surface area contributed by atoms with Crippen molar-refractivity contribution < 1.29 is 4.79 Å². The molecular weight excluding hydrogens is 468 g/mol. The van der Waals surface area contributed by atoms with E-state index in [0.29, 0.717) is 24.6 Å². The molecule has 1 amide bonds. The van der Waals surface area contributed by atoms with Crippen LogP contribution in [0.2, 0.25) is 0 Å². The molecule has 8 heteroatoms. The van der Waals surface area contributed by atoms with Gasteiger partial charge in [-0.2, -0.15) is 0 Å². The summed E-state index contributed by atoms with van der Waals surface area (Å²) >= 11 is 5.78. The van der Waals surface area contributed by atoms with E-state index >= 15 is 0 Å². The number of amides is 1. The minimum atomic E-state index is -0.138. The number of rotatable bonds is 8. The number of nitrogens with zero attached hydrogens (tertiary/aromatic N) is 4. The van der Waals surface area contributed by atoms with Crippen LogP contribution in [0.3, 0.4) is 0 Å². The van der Waals surface area contributed by atoms with E-state index in [1.165, 1.54) is 0 Å². The largest absolute Gasteiger partial charge is 0.352 e. The molecule has 1 aliphatic heterocycles. The van der Waals surface area contributed by atoms with Crippen molar-refractivity contribution >= 4 is 28.9 Å². The highest BCUT2D eigenvalue weighted by molar-refractivity contribution is 7.80. The van der Waals surface area contributed by atoms with Crippen LogP contribution < -0.4 is 10.6 Å². The quantitative estimate of drug-likeness (QED) is 0.346. The van der Waals surface area contributed by atoms with Crippen LogP contribution in [0.15, 0.2) is 91.5 Å². The summed E-state index contributed by atoms with van der Waals surface area (Å²) in [5.41, 5.74) is 4.98. The van der Waals surface area contributed by atoms with Gasteiger partial charge in [-0.25, -0.2) is 0 Å². The van der Waals surface area contributed by atoms with Crippen molar-refractivity contribution in [3.05, 3.63) is 114 Å². The summed E-state index contributed by atoms with van der Waals surface area (Å²) in [6, 6.07) is 21.6. The molecule has 1 aliphatic rings. The maximum Gasteiger partial charge on any atom is 0.226 e. The van der Waals surface area contributed by atoms with Crippen LogP contribution in [-0.4, -0.2) is 37.0 Å². The summed E-state index contributed by atoms with van der Waals surface area (Å²) in [5.74, 6) is -0.0436. The molecule has 4 aromatic rings. The highest BCUT2D eigenvalue weighted by atomic mass is 32.1. The number of carbonyl (C=O) groups is 1. The third-order valence-corrected chi connectivity index (χ3v) is 6.79. The molecule has 182 valence electrons.